The lowest BCUT2D eigenvalue weighted by Gasteiger charge is -2.22. The summed E-state index contributed by atoms with van der Waals surface area (Å²) in [5.41, 5.74) is 0.178. The standard InChI is InChI=1S/C16H22N2O6S/c1-5-25(22,23)18-12-8-6-11(7-9-12)10-13(14(19)20)17-15(21)24-16(2,3)4/h5-9,13,18H,1,10H2,2-4H3,(H,17,21)(H,19,20). The molecule has 8 nitrogen and oxygen atoms in total. The summed E-state index contributed by atoms with van der Waals surface area (Å²) < 4.78 is 30.1. The molecule has 3 N–H and O–H groups in total. The zero-order valence-electron chi connectivity index (χ0n) is 14.3. The van der Waals surface area contributed by atoms with Crippen LogP contribution in [0.3, 0.4) is 0 Å². The summed E-state index contributed by atoms with van der Waals surface area (Å²) in [6, 6.07) is 4.93. The Morgan fingerprint density at radius 3 is 2.28 bits per heavy atom. The summed E-state index contributed by atoms with van der Waals surface area (Å²) in [4.78, 5) is 23.1. The number of rotatable bonds is 7. The average Bonchev–Trinajstić information content (AvgIpc) is 2.46. The maximum atomic E-state index is 11.7. The van der Waals surface area contributed by atoms with E-state index >= 15 is 0 Å². The van der Waals surface area contributed by atoms with Crippen LogP contribution in [-0.2, 0) is 26.0 Å². The molecule has 1 aromatic rings. The van der Waals surface area contributed by atoms with E-state index < -0.39 is 33.7 Å². The highest BCUT2D eigenvalue weighted by atomic mass is 32.2. The Morgan fingerprint density at radius 1 is 1.28 bits per heavy atom. The van der Waals surface area contributed by atoms with Gasteiger partial charge in [0.05, 0.1) is 0 Å². The Balaban J connectivity index is 2.77. The number of carboxylic acid groups (broad SMARTS) is 1. The molecular weight excluding hydrogens is 348 g/mol. The fourth-order valence-electron chi connectivity index (χ4n) is 1.80. The van der Waals surface area contributed by atoms with Gasteiger partial charge in [-0.1, -0.05) is 18.7 Å². The predicted molar refractivity (Wildman–Crippen MR) is 93.7 cm³/mol. The largest absolute Gasteiger partial charge is 0.480 e. The molecule has 138 valence electrons. The number of ether oxygens (including phenoxy) is 1. The van der Waals surface area contributed by atoms with E-state index in [-0.39, 0.29) is 6.42 Å². The minimum absolute atomic E-state index is 0.0169. The Bertz CT molecular complexity index is 735. The second-order valence-corrected chi connectivity index (χ2v) is 7.88. The van der Waals surface area contributed by atoms with Crippen molar-refractivity contribution in [3.05, 3.63) is 41.8 Å². The number of aliphatic carboxylic acids is 1. The van der Waals surface area contributed by atoms with E-state index in [0.29, 0.717) is 11.3 Å². The minimum Gasteiger partial charge on any atom is -0.480 e. The van der Waals surface area contributed by atoms with Gasteiger partial charge in [0.25, 0.3) is 10.0 Å². The van der Waals surface area contributed by atoms with E-state index in [1.54, 1.807) is 32.9 Å². The van der Waals surface area contributed by atoms with Crippen molar-refractivity contribution in [1.29, 1.82) is 0 Å². The van der Waals surface area contributed by atoms with Crippen LogP contribution < -0.4 is 10.0 Å². The third kappa shape index (κ3) is 7.71. The first-order chi connectivity index (χ1) is 11.4. The van der Waals surface area contributed by atoms with Gasteiger partial charge in [-0.3, -0.25) is 4.72 Å². The Morgan fingerprint density at radius 2 is 1.84 bits per heavy atom. The van der Waals surface area contributed by atoms with E-state index in [2.05, 4.69) is 16.6 Å². The lowest BCUT2D eigenvalue weighted by atomic mass is 10.1. The Kier molecular flexibility index (Phi) is 6.57. The number of carboxylic acids is 1. The quantitative estimate of drug-likeness (QED) is 0.676. The van der Waals surface area contributed by atoms with Crippen LogP contribution in [0, 0.1) is 0 Å². The van der Waals surface area contributed by atoms with Crippen molar-refractivity contribution in [2.75, 3.05) is 4.72 Å². The van der Waals surface area contributed by atoms with Crippen LogP contribution in [0.5, 0.6) is 0 Å². The normalized spacial score (nSPS) is 12.8. The van der Waals surface area contributed by atoms with Gasteiger partial charge in [0.2, 0.25) is 0 Å². The van der Waals surface area contributed by atoms with E-state index in [9.17, 15) is 23.1 Å². The fourth-order valence-corrected chi connectivity index (χ4v) is 2.35. The lowest BCUT2D eigenvalue weighted by molar-refractivity contribution is -0.139. The molecule has 1 amide bonds. The van der Waals surface area contributed by atoms with Gasteiger partial charge >= 0.3 is 12.1 Å². The maximum Gasteiger partial charge on any atom is 0.408 e. The van der Waals surface area contributed by atoms with Crippen LogP contribution >= 0.6 is 0 Å². The van der Waals surface area contributed by atoms with E-state index in [4.69, 9.17) is 4.74 Å². The third-order valence-corrected chi connectivity index (χ3v) is 3.82. The zero-order valence-corrected chi connectivity index (χ0v) is 15.1. The summed E-state index contributed by atoms with van der Waals surface area (Å²) in [6.07, 6.45) is -0.807. The van der Waals surface area contributed by atoms with Gasteiger partial charge in [-0.25, -0.2) is 18.0 Å². The highest BCUT2D eigenvalue weighted by Gasteiger charge is 2.24. The molecule has 0 radical (unpaired) electrons. The Labute approximate surface area is 146 Å². The van der Waals surface area contributed by atoms with Crippen molar-refractivity contribution in [2.45, 2.75) is 38.8 Å². The molecule has 9 heteroatoms. The number of alkyl carbamates (subject to hydrolysis) is 1. The first kappa shape index (κ1) is 20.5. The fraction of sp³-hybridized carbons (Fsp3) is 0.375. The molecule has 1 unspecified atom stereocenters. The van der Waals surface area contributed by atoms with E-state index in [0.717, 1.165) is 5.41 Å². The van der Waals surface area contributed by atoms with Crippen LogP contribution in [0.1, 0.15) is 26.3 Å². The topological polar surface area (TPSA) is 122 Å². The van der Waals surface area contributed by atoms with Crippen LogP contribution in [0.15, 0.2) is 36.3 Å². The number of carbonyl (C=O) groups excluding carboxylic acids is 1. The average molecular weight is 370 g/mol. The van der Waals surface area contributed by atoms with Crippen LogP contribution in [0.25, 0.3) is 0 Å². The molecule has 1 rings (SSSR count). The second-order valence-electron chi connectivity index (χ2n) is 6.25. The number of anilines is 1. The molecule has 0 heterocycles. The highest BCUT2D eigenvalue weighted by Crippen LogP contribution is 2.14. The predicted octanol–water partition coefficient (Wildman–Crippen LogP) is 2.09. The summed E-state index contributed by atoms with van der Waals surface area (Å²) in [6.45, 7) is 8.21. The van der Waals surface area contributed by atoms with Crippen molar-refractivity contribution < 1.29 is 27.9 Å². The number of sulfonamides is 1. The van der Waals surface area contributed by atoms with Gasteiger partial charge in [0, 0.05) is 17.5 Å². The molecule has 0 saturated carbocycles. The number of hydrogen-bond donors (Lipinski definition) is 3. The van der Waals surface area contributed by atoms with Gasteiger partial charge in [-0.2, -0.15) is 0 Å². The van der Waals surface area contributed by atoms with Crippen molar-refractivity contribution in [3.63, 3.8) is 0 Å². The zero-order chi connectivity index (χ0) is 19.3. The summed E-state index contributed by atoms with van der Waals surface area (Å²) >= 11 is 0. The summed E-state index contributed by atoms with van der Waals surface area (Å²) in [5, 5.41) is 12.3. The van der Waals surface area contributed by atoms with Crippen molar-refractivity contribution in [3.8, 4) is 0 Å². The number of nitrogens with one attached hydrogen (secondary N) is 2. The molecule has 1 aromatic carbocycles. The highest BCUT2D eigenvalue weighted by molar-refractivity contribution is 7.95. The number of amides is 1. The lowest BCUT2D eigenvalue weighted by Crippen LogP contribution is -2.44. The van der Waals surface area contributed by atoms with Crippen LogP contribution in [0.2, 0.25) is 0 Å². The molecule has 0 aliphatic rings. The van der Waals surface area contributed by atoms with Gasteiger partial charge in [0.15, 0.2) is 0 Å². The van der Waals surface area contributed by atoms with Gasteiger partial charge in [-0.15, -0.1) is 0 Å². The third-order valence-electron chi connectivity index (χ3n) is 2.86. The SMILES string of the molecule is C=CS(=O)(=O)Nc1ccc(CC(NC(=O)OC(C)(C)C)C(=O)O)cc1. The van der Waals surface area contributed by atoms with Gasteiger partial charge in [0.1, 0.15) is 11.6 Å². The molecule has 0 spiro atoms. The molecule has 25 heavy (non-hydrogen) atoms. The number of carbonyl (C=O) groups is 2. The van der Waals surface area contributed by atoms with Crippen LogP contribution in [0.4, 0.5) is 10.5 Å². The van der Waals surface area contributed by atoms with Crippen molar-refractivity contribution in [2.24, 2.45) is 0 Å². The number of benzene rings is 1. The van der Waals surface area contributed by atoms with Crippen molar-refractivity contribution >= 4 is 27.8 Å². The Hall–Kier alpha value is -2.55. The molecule has 0 fully saturated rings. The first-order valence-electron chi connectivity index (χ1n) is 7.38. The van der Waals surface area contributed by atoms with Gasteiger partial charge in [-0.05, 0) is 38.5 Å². The van der Waals surface area contributed by atoms with Gasteiger partial charge < -0.3 is 15.2 Å². The molecule has 1 atom stereocenters. The molecular formula is C16H22N2O6S. The summed E-state index contributed by atoms with van der Waals surface area (Å²) in [5.74, 6) is -1.21. The molecule has 0 aromatic heterocycles. The first-order valence-corrected chi connectivity index (χ1v) is 8.93. The number of hydrogen-bond acceptors (Lipinski definition) is 5. The monoisotopic (exact) mass is 370 g/mol. The van der Waals surface area contributed by atoms with E-state index in [1.165, 1.54) is 12.1 Å². The van der Waals surface area contributed by atoms with E-state index in [1.807, 2.05) is 0 Å². The molecule has 0 bridgehead atoms. The maximum absolute atomic E-state index is 11.7. The smallest absolute Gasteiger partial charge is 0.408 e. The minimum atomic E-state index is -3.61. The molecule has 0 saturated heterocycles. The second kappa shape index (κ2) is 8.02. The molecule has 0 aliphatic heterocycles. The van der Waals surface area contributed by atoms with Crippen molar-refractivity contribution in [1.82, 2.24) is 5.32 Å². The summed E-state index contributed by atoms with van der Waals surface area (Å²) in [7, 11) is -3.61. The molecule has 0 aliphatic carbocycles. The van der Waals surface area contributed by atoms with Crippen LogP contribution in [-0.4, -0.2) is 37.2 Å².